The first-order valence-electron chi connectivity index (χ1n) is 12.9. The zero-order valence-electron chi connectivity index (χ0n) is 20.6. The molecule has 38 heavy (non-hydrogen) atoms. The van der Waals surface area contributed by atoms with Crippen LogP contribution in [0.25, 0.3) is 77.6 Å². The van der Waals surface area contributed by atoms with E-state index in [0.29, 0.717) is 0 Å². The Kier molecular flexibility index (Phi) is 4.55. The molecule has 0 N–H and O–H groups in total. The molecule has 5 aromatic carbocycles. The molecule has 2 aromatic heterocycles. The highest BCUT2D eigenvalue weighted by molar-refractivity contribution is 6.28. The van der Waals surface area contributed by atoms with Gasteiger partial charge in [-0.3, -0.25) is 4.98 Å². The van der Waals surface area contributed by atoms with Crippen LogP contribution in [-0.2, 0) is 0 Å². The quantitative estimate of drug-likeness (QED) is 0.234. The summed E-state index contributed by atoms with van der Waals surface area (Å²) >= 11 is 0. The molecule has 0 amide bonds. The Morgan fingerprint density at radius 2 is 1.05 bits per heavy atom. The molecule has 2 heterocycles. The maximum absolute atomic E-state index is 5.31. The van der Waals surface area contributed by atoms with Gasteiger partial charge in [-0.1, -0.05) is 109 Å². The van der Waals surface area contributed by atoms with E-state index < -0.39 is 0 Å². The first-order chi connectivity index (χ1) is 18.9. The molecule has 0 aliphatic heterocycles. The van der Waals surface area contributed by atoms with Crippen molar-refractivity contribution in [3.63, 3.8) is 0 Å². The van der Waals surface area contributed by atoms with E-state index in [1.54, 1.807) is 0 Å². The Bertz CT molecular complexity index is 1950. The molecular weight excluding hydrogens is 460 g/mol. The number of pyridine rings is 2. The Morgan fingerprint density at radius 1 is 0.421 bits per heavy atom. The molecule has 7 aromatic rings. The minimum Gasteiger partial charge on any atom is -0.256 e. The zero-order chi connectivity index (χ0) is 25.1. The first kappa shape index (κ1) is 21.0. The van der Waals surface area contributed by atoms with E-state index in [2.05, 4.69) is 115 Å². The van der Waals surface area contributed by atoms with Crippen LogP contribution in [0.15, 0.2) is 134 Å². The SMILES string of the molecule is c1ccc(-c2cc(-c3ccccc3)nc(-c3c4ccccc4c4c5c(cccc35)-c3cccnc3-4)c2)cc1. The van der Waals surface area contributed by atoms with Gasteiger partial charge < -0.3 is 0 Å². The third-order valence-electron chi connectivity index (χ3n) is 7.64. The van der Waals surface area contributed by atoms with Gasteiger partial charge in [0.05, 0.1) is 17.1 Å². The van der Waals surface area contributed by atoms with Gasteiger partial charge in [0, 0.05) is 33.8 Å². The summed E-state index contributed by atoms with van der Waals surface area (Å²) in [4.78, 5) is 10.2. The van der Waals surface area contributed by atoms with Gasteiger partial charge in [0.15, 0.2) is 0 Å². The fourth-order valence-corrected chi connectivity index (χ4v) is 6.01. The van der Waals surface area contributed by atoms with Crippen LogP contribution < -0.4 is 0 Å². The second kappa shape index (κ2) is 8.22. The average Bonchev–Trinajstić information content (AvgIpc) is 3.34. The molecule has 0 saturated heterocycles. The molecule has 0 fully saturated rings. The maximum atomic E-state index is 5.31. The number of aromatic nitrogens is 2. The summed E-state index contributed by atoms with van der Waals surface area (Å²) in [5.74, 6) is 0. The van der Waals surface area contributed by atoms with Crippen LogP contribution in [0.5, 0.6) is 0 Å². The van der Waals surface area contributed by atoms with Crippen LogP contribution in [0.3, 0.4) is 0 Å². The predicted molar refractivity (Wildman–Crippen MR) is 158 cm³/mol. The van der Waals surface area contributed by atoms with E-state index in [1.807, 2.05) is 18.3 Å². The lowest BCUT2D eigenvalue weighted by Gasteiger charge is -2.16. The summed E-state index contributed by atoms with van der Waals surface area (Å²) in [5.41, 5.74) is 11.3. The number of hydrogen-bond acceptors (Lipinski definition) is 2. The Morgan fingerprint density at radius 3 is 1.84 bits per heavy atom. The smallest absolute Gasteiger partial charge is 0.0793 e. The van der Waals surface area contributed by atoms with E-state index >= 15 is 0 Å². The van der Waals surface area contributed by atoms with Gasteiger partial charge in [-0.15, -0.1) is 0 Å². The number of hydrogen-bond donors (Lipinski definition) is 0. The molecule has 2 nitrogen and oxygen atoms in total. The van der Waals surface area contributed by atoms with Gasteiger partial charge in [0.1, 0.15) is 0 Å². The lowest BCUT2D eigenvalue weighted by molar-refractivity contribution is 1.33. The van der Waals surface area contributed by atoms with Crippen molar-refractivity contribution in [2.45, 2.75) is 0 Å². The van der Waals surface area contributed by atoms with Crippen molar-refractivity contribution >= 4 is 21.5 Å². The molecular formula is C36H22N2. The summed E-state index contributed by atoms with van der Waals surface area (Å²) in [6.07, 6.45) is 1.90. The number of fused-ring (bicyclic) bond motifs is 5. The topological polar surface area (TPSA) is 25.8 Å². The minimum absolute atomic E-state index is 0.972. The van der Waals surface area contributed by atoms with Gasteiger partial charge in [0.25, 0.3) is 0 Å². The van der Waals surface area contributed by atoms with Gasteiger partial charge in [-0.2, -0.15) is 0 Å². The van der Waals surface area contributed by atoms with E-state index in [9.17, 15) is 0 Å². The van der Waals surface area contributed by atoms with Crippen LogP contribution >= 0.6 is 0 Å². The molecule has 1 aliphatic carbocycles. The molecule has 176 valence electrons. The van der Waals surface area contributed by atoms with Crippen molar-refractivity contribution in [3.8, 4) is 56.0 Å². The summed E-state index contributed by atoms with van der Waals surface area (Å²) < 4.78 is 0. The Balaban J connectivity index is 1.51. The highest BCUT2D eigenvalue weighted by Gasteiger charge is 2.27. The molecule has 1 aliphatic rings. The summed E-state index contributed by atoms with van der Waals surface area (Å²) in [5, 5.41) is 4.89. The summed E-state index contributed by atoms with van der Waals surface area (Å²) in [6, 6.07) is 45.1. The monoisotopic (exact) mass is 482 g/mol. The standard InChI is InChI=1S/C36H22N2/c1-3-11-23(12-4-1)25-21-31(24-13-5-2-6-14-24)38-32(22-25)33-26-15-7-8-16-27(26)35-34-28(17-9-18-30(33)34)29-19-10-20-37-36(29)35/h1-22H. The van der Waals surface area contributed by atoms with Crippen LogP contribution in [0.4, 0.5) is 0 Å². The maximum Gasteiger partial charge on any atom is 0.0793 e. The van der Waals surface area contributed by atoms with Crippen molar-refractivity contribution in [2.75, 3.05) is 0 Å². The Labute approximate surface area is 220 Å². The van der Waals surface area contributed by atoms with Crippen molar-refractivity contribution in [1.82, 2.24) is 9.97 Å². The predicted octanol–water partition coefficient (Wildman–Crippen LogP) is 9.43. The second-order valence-electron chi connectivity index (χ2n) is 9.78. The Hall–Kier alpha value is -5.08. The normalized spacial score (nSPS) is 11.7. The third kappa shape index (κ3) is 3.07. The van der Waals surface area contributed by atoms with E-state index in [0.717, 1.165) is 28.2 Å². The summed E-state index contributed by atoms with van der Waals surface area (Å²) in [6.45, 7) is 0. The number of benzene rings is 5. The largest absolute Gasteiger partial charge is 0.256 e. The van der Waals surface area contributed by atoms with Crippen LogP contribution in [0, 0.1) is 0 Å². The average molecular weight is 483 g/mol. The highest BCUT2D eigenvalue weighted by Crippen LogP contribution is 2.52. The molecule has 8 rings (SSSR count). The zero-order valence-corrected chi connectivity index (χ0v) is 20.6. The van der Waals surface area contributed by atoms with Crippen molar-refractivity contribution in [2.24, 2.45) is 0 Å². The van der Waals surface area contributed by atoms with Gasteiger partial charge in [-0.25, -0.2) is 4.98 Å². The highest BCUT2D eigenvalue weighted by atomic mass is 14.7. The molecule has 0 atom stereocenters. The van der Waals surface area contributed by atoms with Crippen LogP contribution in [0.2, 0.25) is 0 Å². The van der Waals surface area contributed by atoms with Crippen LogP contribution in [0.1, 0.15) is 0 Å². The van der Waals surface area contributed by atoms with E-state index in [1.165, 1.54) is 49.4 Å². The van der Waals surface area contributed by atoms with Crippen LogP contribution in [-0.4, -0.2) is 9.97 Å². The first-order valence-corrected chi connectivity index (χ1v) is 12.9. The van der Waals surface area contributed by atoms with Gasteiger partial charge in [-0.05, 0) is 51.0 Å². The van der Waals surface area contributed by atoms with Gasteiger partial charge in [0.2, 0.25) is 0 Å². The van der Waals surface area contributed by atoms with Crippen molar-refractivity contribution in [1.29, 1.82) is 0 Å². The fraction of sp³-hybridized carbons (Fsp3) is 0. The van der Waals surface area contributed by atoms with E-state index in [-0.39, 0.29) is 0 Å². The molecule has 0 spiro atoms. The number of nitrogens with zero attached hydrogens (tertiary/aromatic N) is 2. The molecule has 0 radical (unpaired) electrons. The molecule has 0 bridgehead atoms. The molecule has 0 saturated carbocycles. The van der Waals surface area contributed by atoms with Gasteiger partial charge >= 0.3 is 0 Å². The minimum atomic E-state index is 0.972. The lowest BCUT2D eigenvalue weighted by Crippen LogP contribution is -1.94. The van der Waals surface area contributed by atoms with Crippen molar-refractivity contribution in [3.05, 3.63) is 134 Å². The fourth-order valence-electron chi connectivity index (χ4n) is 6.01. The van der Waals surface area contributed by atoms with E-state index in [4.69, 9.17) is 9.97 Å². The second-order valence-corrected chi connectivity index (χ2v) is 9.78. The third-order valence-corrected chi connectivity index (χ3v) is 7.64. The number of rotatable bonds is 3. The summed E-state index contributed by atoms with van der Waals surface area (Å²) in [7, 11) is 0. The van der Waals surface area contributed by atoms with Crippen molar-refractivity contribution < 1.29 is 0 Å². The molecule has 2 heteroatoms. The molecule has 0 unspecified atom stereocenters. The lowest BCUT2D eigenvalue weighted by atomic mass is 9.89.